The highest BCUT2D eigenvalue weighted by atomic mass is 16.7. The summed E-state index contributed by atoms with van der Waals surface area (Å²) in [7, 11) is 0. The highest BCUT2D eigenvalue weighted by molar-refractivity contribution is 5.97. The molecular weight excluding hydrogens is 496 g/mol. The van der Waals surface area contributed by atoms with Gasteiger partial charge in [0.2, 0.25) is 0 Å². The molecule has 0 aromatic carbocycles. The monoisotopic (exact) mass is 534 g/mol. The van der Waals surface area contributed by atoms with Gasteiger partial charge >= 0.3 is 5.97 Å². The minimum Gasteiger partial charge on any atom is -0.454 e. The average molecular weight is 535 g/mol. The third-order valence-electron chi connectivity index (χ3n) is 13.1. The molecule has 4 aliphatic carbocycles. The van der Waals surface area contributed by atoms with Crippen molar-refractivity contribution in [3.63, 3.8) is 0 Å². The van der Waals surface area contributed by atoms with Gasteiger partial charge in [-0.3, -0.25) is 4.79 Å². The van der Waals surface area contributed by atoms with Gasteiger partial charge in [-0.1, -0.05) is 13.0 Å². The number of hydrogen-bond donors (Lipinski definition) is 5. The molecule has 3 heterocycles. The minimum atomic E-state index is -1.95. The molecule has 3 aliphatic heterocycles. The number of allylic oxidation sites excluding steroid dienone is 1. The van der Waals surface area contributed by atoms with Crippen molar-refractivity contribution in [2.24, 2.45) is 34.5 Å². The van der Waals surface area contributed by atoms with Crippen LogP contribution in [0.15, 0.2) is 12.2 Å². The van der Waals surface area contributed by atoms with Crippen LogP contribution in [-0.2, 0) is 23.8 Å². The summed E-state index contributed by atoms with van der Waals surface area (Å²) >= 11 is 0. The van der Waals surface area contributed by atoms with E-state index in [0.717, 1.165) is 0 Å². The molecule has 0 aromatic rings. The lowest BCUT2D eigenvalue weighted by Crippen LogP contribution is -2.81. The topological polar surface area (TPSA) is 163 Å². The first-order chi connectivity index (χ1) is 17.5. The molecule has 7 rings (SSSR count). The summed E-state index contributed by atoms with van der Waals surface area (Å²) in [4.78, 5) is 26.1. The number of aliphatic hydroxyl groups is 5. The van der Waals surface area contributed by atoms with E-state index >= 15 is 0 Å². The first-order valence-electron chi connectivity index (χ1n) is 13.8. The fourth-order valence-corrected chi connectivity index (χ4v) is 10.3. The van der Waals surface area contributed by atoms with Gasteiger partial charge in [0.25, 0.3) is 0 Å². The van der Waals surface area contributed by atoms with Gasteiger partial charge < -0.3 is 39.7 Å². The van der Waals surface area contributed by atoms with Crippen LogP contribution >= 0.6 is 0 Å². The average Bonchev–Trinajstić information content (AvgIpc) is 3.22. The molecule has 10 nitrogen and oxygen atoms in total. The quantitative estimate of drug-likeness (QED) is 0.267. The van der Waals surface area contributed by atoms with Gasteiger partial charge in [-0.2, -0.15) is 0 Å². The van der Waals surface area contributed by atoms with Gasteiger partial charge in [0, 0.05) is 12.3 Å². The minimum absolute atomic E-state index is 0.00316. The van der Waals surface area contributed by atoms with Crippen molar-refractivity contribution in [1.29, 1.82) is 0 Å². The number of esters is 1. The molecule has 210 valence electrons. The maximum Gasteiger partial charge on any atom is 0.341 e. The lowest BCUT2D eigenvalue weighted by Gasteiger charge is -2.70. The summed E-state index contributed by atoms with van der Waals surface area (Å²) in [6.45, 7) is 6.41. The van der Waals surface area contributed by atoms with Crippen LogP contribution < -0.4 is 0 Å². The molecule has 3 saturated heterocycles. The highest BCUT2D eigenvalue weighted by Crippen LogP contribution is 2.74. The van der Waals surface area contributed by atoms with Crippen molar-refractivity contribution < 1.29 is 49.3 Å². The summed E-state index contributed by atoms with van der Waals surface area (Å²) in [5.41, 5.74) is -9.09. The molecule has 0 bridgehead atoms. The molecule has 0 aromatic heterocycles. The van der Waals surface area contributed by atoms with E-state index in [-0.39, 0.29) is 43.5 Å². The summed E-state index contributed by atoms with van der Waals surface area (Å²) in [6, 6.07) is 0. The second-order valence-electron chi connectivity index (χ2n) is 13.9. The fourth-order valence-electron chi connectivity index (χ4n) is 10.3. The third kappa shape index (κ3) is 2.33. The van der Waals surface area contributed by atoms with Gasteiger partial charge in [-0.05, 0) is 70.3 Å². The molecule has 0 unspecified atom stereocenters. The normalized spacial score (nSPS) is 64.3. The van der Waals surface area contributed by atoms with Crippen molar-refractivity contribution in [1.82, 2.24) is 0 Å². The van der Waals surface area contributed by atoms with Crippen LogP contribution in [-0.4, -0.2) is 90.4 Å². The molecular formula is C28H38O10. The second-order valence-corrected chi connectivity index (χ2v) is 13.9. The van der Waals surface area contributed by atoms with E-state index < -0.39 is 75.1 Å². The number of carbonyl (C=O) groups is 2. The van der Waals surface area contributed by atoms with Crippen molar-refractivity contribution in [3.8, 4) is 0 Å². The number of hydrogen-bond acceptors (Lipinski definition) is 10. The standard InChI is InChI=1S/C28H38O10/c1-22-15-11-28(35)23(2)14(13(15)10-18(30)27(22,34)8-5-6-17(22)29)7-9-26(23,33)16-12-36-25(4)20(19(16)38-28)37-21(31)24(25,3)32/h5-6,13-16,18-20,30,32-35H,7-12H2,1-4H3/t13-,14-,15-,16+,18+,19-,20-,22-,23-,24+,25+,26+,27-,28-/m0/s1. The maximum absolute atomic E-state index is 13.5. The predicted molar refractivity (Wildman–Crippen MR) is 128 cm³/mol. The Hall–Kier alpha value is -1.40. The third-order valence-corrected chi connectivity index (χ3v) is 13.1. The first-order valence-corrected chi connectivity index (χ1v) is 13.8. The number of ether oxygens (including phenoxy) is 3. The summed E-state index contributed by atoms with van der Waals surface area (Å²) < 4.78 is 18.3. The predicted octanol–water partition coefficient (Wildman–Crippen LogP) is -0.0302. The number of fused-ring (bicyclic) bond motifs is 8. The molecule has 0 radical (unpaired) electrons. The van der Waals surface area contributed by atoms with Crippen molar-refractivity contribution in [2.45, 2.75) is 106 Å². The largest absolute Gasteiger partial charge is 0.454 e. The van der Waals surface area contributed by atoms with Crippen LogP contribution in [0.25, 0.3) is 0 Å². The van der Waals surface area contributed by atoms with E-state index in [2.05, 4.69) is 0 Å². The molecule has 14 atom stereocenters. The van der Waals surface area contributed by atoms with Crippen LogP contribution in [0.2, 0.25) is 0 Å². The van der Waals surface area contributed by atoms with E-state index in [1.165, 1.54) is 13.0 Å². The van der Waals surface area contributed by atoms with Crippen molar-refractivity contribution >= 4 is 11.8 Å². The zero-order valence-corrected chi connectivity index (χ0v) is 22.2. The molecule has 7 aliphatic rings. The zero-order valence-electron chi connectivity index (χ0n) is 22.2. The Kier molecular flexibility index (Phi) is 4.64. The van der Waals surface area contributed by atoms with Crippen LogP contribution in [0.5, 0.6) is 0 Å². The second kappa shape index (κ2) is 6.90. The Bertz CT molecular complexity index is 1170. The van der Waals surface area contributed by atoms with E-state index in [0.29, 0.717) is 12.8 Å². The van der Waals surface area contributed by atoms with Crippen molar-refractivity contribution in [3.05, 3.63) is 12.2 Å². The molecule has 6 fully saturated rings. The molecule has 3 saturated carbocycles. The Balaban J connectivity index is 1.36. The van der Waals surface area contributed by atoms with Gasteiger partial charge in [-0.15, -0.1) is 0 Å². The Labute approximate surface area is 220 Å². The smallest absolute Gasteiger partial charge is 0.341 e. The fraction of sp³-hybridized carbons (Fsp3) is 0.857. The number of carbonyl (C=O) groups excluding carboxylic acids is 2. The van der Waals surface area contributed by atoms with Crippen LogP contribution in [0.4, 0.5) is 0 Å². The molecule has 10 heteroatoms. The number of aliphatic hydroxyl groups excluding tert-OH is 1. The van der Waals surface area contributed by atoms with Crippen LogP contribution in [0.1, 0.15) is 59.8 Å². The van der Waals surface area contributed by atoms with Crippen LogP contribution in [0.3, 0.4) is 0 Å². The molecule has 5 N–H and O–H groups in total. The summed E-state index contributed by atoms with van der Waals surface area (Å²) in [5.74, 6) is -4.82. The lowest BCUT2D eigenvalue weighted by atomic mass is 9.40. The summed E-state index contributed by atoms with van der Waals surface area (Å²) in [5, 5.41) is 58.9. The van der Waals surface area contributed by atoms with Crippen LogP contribution in [0, 0.1) is 34.5 Å². The Morgan fingerprint density at radius 3 is 2.39 bits per heavy atom. The molecule has 0 spiro atoms. The first kappa shape index (κ1) is 25.6. The molecule has 38 heavy (non-hydrogen) atoms. The van der Waals surface area contributed by atoms with E-state index in [9.17, 15) is 35.1 Å². The van der Waals surface area contributed by atoms with Gasteiger partial charge in [0.1, 0.15) is 17.3 Å². The van der Waals surface area contributed by atoms with E-state index in [4.69, 9.17) is 14.2 Å². The number of ketones is 1. The van der Waals surface area contributed by atoms with E-state index in [1.54, 1.807) is 19.9 Å². The van der Waals surface area contributed by atoms with E-state index in [1.807, 2.05) is 6.92 Å². The number of rotatable bonds is 0. The lowest BCUT2D eigenvalue weighted by molar-refractivity contribution is -0.438. The zero-order chi connectivity index (χ0) is 27.5. The van der Waals surface area contributed by atoms with Crippen molar-refractivity contribution in [2.75, 3.05) is 6.61 Å². The van der Waals surface area contributed by atoms with Gasteiger partial charge in [0.05, 0.1) is 29.1 Å². The SMILES string of the molecule is C[C@]12[C@H]3CC[C@@]1(O)[C@@H]1CO[C@]4(C)[C@@H](OC(=O)[C@@]4(C)O)[C@H]1O[C@@]2(O)C[C@H]1[C@H]3C[C@@H](O)[C@@]2(O)CC=CC(=O)[C@]12C. The maximum atomic E-state index is 13.5. The summed E-state index contributed by atoms with van der Waals surface area (Å²) in [6.07, 6.45) is 1.04. The Morgan fingerprint density at radius 2 is 1.68 bits per heavy atom. The Morgan fingerprint density at radius 1 is 0.974 bits per heavy atom. The van der Waals surface area contributed by atoms with Gasteiger partial charge in [-0.25, -0.2) is 4.79 Å². The highest BCUT2D eigenvalue weighted by Gasteiger charge is 2.83. The van der Waals surface area contributed by atoms with Gasteiger partial charge in [0.15, 0.2) is 23.3 Å². The molecule has 0 amide bonds.